The summed E-state index contributed by atoms with van der Waals surface area (Å²) in [6, 6.07) is 50.6. The summed E-state index contributed by atoms with van der Waals surface area (Å²) in [5, 5.41) is 6.82. The zero-order chi connectivity index (χ0) is 34.2. The van der Waals surface area contributed by atoms with Crippen LogP contribution in [-0.4, -0.2) is 21.1 Å². The van der Waals surface area contributed by atoms with E-state index in [4.69, 9.17) is 24.1 Å². The monoisotopic (exact) mass is 667 g/mol. The fourth-order valence-corrected chi connectivity index (χ4v) is 7.86. The van der Waals surface area contributed by atoms with Crippen molar-refractivity contribution >= 4 is 49.1 Å². The lowest BCUT2D eigenvalue weighted by molar-refractivity contribution is 0.269. The molecule has 0 saturated carbocycles. The van der Waals surface area contributed by atoms with Crippen LogP contribution in [0, 0.1) is 0 Å². The summed E-state index contributed by atoms with van der Waals surface area (Å²) in [5.74, 6) is 2.99. The first-order valence-electron chi connectivity index (χ1n) is 17.6. The van der Waals surface area contributed by atoms with E-state index in [1.54, 1.807) is 0 Å². The molecule has 3 heterocycles. The molecule has 11 rings (SSSR count). The highest BCUT2D eigenvalue weighted by molar-refractivity contribution is 6.13. The number of hydrogen-bond donors (Lipinski definition) is 0. The van der Waals surface area contributed by atoms with Gasteiger partial charge in [-0.15, -0.1) is 0 Å². The summed E-state index contributed by atoms with van der Waals surface area (Å²) in [5.41, 5.74) is 8.09. The van der Waals surface area contributed by atoms with Crippen LogP contribution in [0.25, 0.3) is 83.0 Å². The van der Waals surface area contributed by atoms with Crippen LogP contribution < -0.4 is 4.74 Å². The molecule has 0 radical (unpaired) electrons. The van der Waals surface area contributed by atoms with Crippen LogP contribution in [0.15, 0.2) is 168 Å². The summed E-state index contributed by atoms with van der Waals surface area (Å²) in [4.78, 5) is 15.3. The lowest BCUT2D eigenvalue weighted by Gasteiger charge is -2.18. The second kappa shape index (κ2) is 11.3. The molecule has 244 valence electrons. The van der Waals surface area contributed by atoms with E-state index in [9.17, 15) is 0 Å². The van der Waals surface area contributed by atoms with Crippen molar-refractivity contribution in [2.45, 2.75) is 12.0 Å². The van der Waals surface area contributed by atoms with E-state index in [2.05, 4.69) is 133 Å². The van der Waals surface area contributed by atoms with Crippen molar-refractivity contribution in [3.8, 4) is 39.7 Å². The molecule has 0 saturated heterocycles. The standard InChI is InChI=1S/C47H29N3O2/c1-2-9-29-25-33(20-16-28(29)8-1)45-48-46(50-47(49-45)35-22-23-38-37-10-3-5-13-40(37)52-43(38)27-35)34-21-18-30-24-32(19-17-31(30)26-34)36-12-7-15-42-44(36)39-11-4-6-14-41(39)51-42/h1-27,38,43H. The van der Waals surface area contributed by atoms with E-state index >= 15 is 0 Å². The van der Waals surface area contributed by atoms with Crippen molar-refractivity contribution in [1.82, 2.24) is 15.0 Å². The summed E-state index contributed by atoms with van der Waals surface area (Å²) in [6.07, 6.45) is 6.38. The molecular formula is C47H29N3O2. The van der Waals surface area contributed by atoms with Crippen molar-refractivity contribution in [3.05, 3.63) is 175 Å². The molecule has 2 aliphatic rings. The van der Waals surface area contributed by atoms with Crippen molar-refractivity contribution in [1.29, 1.82) is 0 Å². The highest BCUT2D eigenvalue weighted by Crippen LogP contribution is 2.43. The molecule has 1 aliphatic carbocycles. The number of para-hydroxylation sites is 2. The Morgan fingerprint density at radius 3 is 1.98 bits per heavy atom. The Bertz CT molecular complexity index is 2970. The fourth-order valence-electron chi connectivity index (χ4n) is 7.86. The van der Waals surface area contributed by atoms with Crippen molar-refractivity contribution in [3.63, 3.8) is 0 Å². The van der Waals surface area contributed by atoms with E-state index in [0.29, 0.717) is 17.5 Å². The predicted octanol–water partition coefficient (Wildman–Crippen LogP) is 11.6. The smallest absolute Gasteiger partial charge is 0.164 e. The third kappa shape index (κ3) is 4.67. The van der Waals surface area contributed by atoms with Crippen LogP contribution in [0.5, 0.6) is 5.75 Å². The summed E-state index contributed by atoms with van der Waals surface area (Å²) in [6.45, 7) is 0. The Morgan fingerprint density at radius 1 is 0.500 bits per heavy atom. The summed E-state index contributed by atoms with van der Waals surface area (Å²) < 4.78 is 12.6. The highest BCUT2D eigenvalue weighted by Gasteiger charge is 2.33. The number of rotatable bonds is 4. The molecule has 9 aromatic rings. The van der Waals surface area contributed by atoms with E-state index in [1.807, 2.05) is 30.3 Å². The number of ether oxygens (including phenoxy) is 1. The second-order valence-electron chi connectivity index (χ2n) is 13.5. The van der Waals surface area contributed by atoms with Gasteiger partial charge in [0.2, 0.25) is 0 Å². The Hall–Kier alpha value is -6.85. The zero-order valence-corrected chi connectivity index (χ0v) is 27.9. The molecular weight excluding hydrogens is 639 g/mol. The number of furan rings is 1. The Morgan fingerprint density at radius 2 is 1.13 bits per heavy atom. The molecule has 0 spiro atoms. The fraction of sp³-hybridized carbons (Fsp3) is 0.0426. The van der Waals surface area contributed by atoms with Crippen LogP contribution in [0.4, 0.5) is 0 Å². The molecule has 7 aromatic carbocycles. The normalized spacial score (nSPS) is 16.3. The minimum absolute atomic E-state index is 0.109. The van der Waals surface area contributed by atoms with Crippen LogP contribution in [0.2, 0.25) is 0 Å². The highest BCUT2D eigenvalue weighted by atomic mass is 16.5. The van der Waals surface area contributed by atoms with Crippen LogP contribution >= 0.6 is 0 Å². The van der Waals surface area contributed by atoms with Gasteiger partial charge in [-0.2, -0.15) is 0 Å². The third-order valence-electron chi connectivity index (χ3n) is 10.4. The summed E-state index contributed by atoms with van der Waals surface area (Å²) in [7, 11) is 0. The number of hydrogen-bond acceptors (Lipinski definition) is 5. The average Bonchev–Trinajstić information content (AvgIpc) is 3.78. The van der Waals surface area contributed by atoms with Gasteiger partial charge in [0.15, 0.2) is 17.5 Å². The van der Waals surface area contributed by atoms with Gasteiger partial charge in [-0.05, 0) is 75.1 Å². The molecule has 2 unspecified atom stereocenters. The SMILES string of the molecule is C1=CC2c3ccccc3OC2C=C1c1nc(-c2ccc3ccccc3c2)nc(-c2ccc3cc(-c4cccc5oc6ccccc6c45)ccc3c2)n1. The van der Waals surface area contributed by atoms with E-state index < -0.39 is 0 Å². The average molecular weight is 668 g/mol. The number of allylic oxidation sites excluding steroid dienone is 2. The minimum atomic E-state index is -0.109. The molecule has 2 aromatic heterocycles. The maximum absolute atomic E-state index is 6.37. The van der Waals surface area contributed by atoms with Crippen LogP contribution in [0.3, 0.4) is 0 Å². The van der Waals surface area contributed by atoms with Crippen LogP contribution in [-0.2, 0) is 0 Å². The van der Waals surface area contributed by atoms with Gasteiger partial charge in [0, 0.05) is 39.0 Å². The van der Waals surface area contributed by atoms with Gasteiger partial charge in [0.25, 0.3) is 0 Å². The first kappa shape index (κ1) is 28.9. The number of fused-ring (bicyclic) bond motifs is 8. The quantitative estimate of drug-likeness (QED) is 0.187. The number of nitrogens with zero attached hydrogens (tertiary/aromatic N) is 3. The molecule has 0 amide bonds. The van der Waals surface area contributed by atoms with Crippen molar-refractivity contribution in [2.24, 2.45) is 0 Å². The lowest BCUT2D eigenvalue weighted by Crippen LogP contribution is -2.18. The maximum atomic E-state index is 6.37. The second-order valence-corrected chi connectivity index (χ2v) is 13.5. The Kier molecular flexibility index (Phi) is 6.31. The van der Waals surface area contributed by atoms with Crippen molar-refractivity contribution in [2.75, 3.05) is 0 Å². The first-order chi connectivity index (χ1) is 25.7. The molecule has 52 heavy (non-hydrogen) atoms. The Labute approximate surface area is 299 Å². The molecule has 5 heteroatoms. The van der Waals surface area contributed by atoms with Gasteiger partial charge in [-0.1, -0.05) is 121 Å². The molecule has 0 N–H and O–H groups in total. The van der Waals surface area contributed by atoms with Gasteiger partial charge in [-0.3, -0.25) is 0 Å². The maximum Gasteiger partial charge on any atom is 0.164 e. The zero-order valence-electron chi connectivity index (χ0n) is 27.9. The summed E-state index contributed by atoms with van der Waals surface area (Å²) >= 11 is 0. The Balaban J connectivity index is 1.02. The topological polar surface area (TPSA) is 61.0 Å². The molecule has 2 atom stereocenters. The first-order valence-corrected chi connectivity index (χ1v) is 17.6. The van der Waals surface area contributed by atoms with E-state index in [1.165, 1.54) is 10.9 Å². The number of benzene rings is 7. The van der Waals surface area contributed by atoms with Gasteiger partial charge in [-0.25, -0.2) is 15.0 Å². The lowest BCUT2D eigenvalue weighted by atomic mass is 9.89. The largest absolute Gasteiger partial charge is 0.485 e. The predicted molar refractivity (Wildman–Crippen MR) is 209 cm³/mol. The molecule has 0 bridgehead atoms. The molecule has 1 aliphatic heterocycles. The minimum Gasteiger partial charge on any atom is -0.485 e. The molecule has 5 nitrogen and oxygen atoms in total. The molecule has 0 fully saturated rings. The van der Waals surface area contributed by atoms with Gasteiger partial charge < -0.3 is 9.15 Å². The third-order valence-corrected chi connectivity index (χ3v) is 10.4. The van der Waals surface area contributed by atoms with E-state index in [0.717, 1.165) is 71.7 Å². The van der Waals surface area contributed by atoms with Gasteiger partial charge in [0.05, 0.1) is 0 Å². The van der Waals surface area contributed by atoms with Crippen molar-refractivity contribution < 1.29 is 9.15 Å². The van der Waals surface area contributed by atoms with Gasteiger partial charge >= 0.3 is 0 Å². The number of aromatic nitrogens is 3. The van der Waals surface area contributed by atoms with E-state index in [-0.39, 0.29) is 12.0 Å². The van der Waals surface area contributed by atoms with Crippen LogP contribution in [0.1, 0.15) is 17.3 Å². The van der Waals surface area contributed by atoms with Gasteiger partial charge in [0.1, 0.15) is 23.0 Å².